The molecule has 1 aliphatic rings. The number of aliphatic carboxylic acids is 1. The number of carboxylic acids is 1. The highest BCUT2D eigenvalue weighted by Crippen LogP contribution is 2.39. The largest absolute Gasteiger partial charge is 0.481 e. The highest BCUT2D eigenvalue weighted by molar-refractivity contribution is 5.87. The van der Waals surface area contributed by atoms with E-state index in [2.05, 4.69) is 4.74 Å². The molecule has 1 aliphatic carbocycles. The Morgan fingerprint density at radius 1 is 1.21 bits per heavy atom. The molecule has 0 unspecified atom stereocenters. The molecular formula is C13H21NO5. The van der Waals surface area contributed by atoms with Crippen molar-refractivity contribution in [3.8, 4) is 0 Å². The van der Waals surface area contributed by atoms with Gasteiger partial charge in [-0.05, 0) is 12.8 Å². The van der Waals surface area contributed by atoms with Gasteiger partial charge in [0.2, 0.25) is 5.91 Å². The van der Waals surface area contributed by atoms with E-state index in [0.717, 1.165) is 19.3 Å². The number of likely N-dealkylation sites (N-methyl/N-ethyl adjacent to an activating group) is 1. The summed E-state index contributed by atoms with van der Waals surface area (Å²) < 4.78 is 4.48. The summed E-state index contributed by atoms with van der Waals surface area (Å²) in [6, 6.07) is 0. The Labute approximate surface area is 112 Å². The first-order valence-electron chi connectivity index (χ1n) is 6.45. The Morgan fingerprint density at radius 3 is 2.26 bits per heavy atom. The summed E-state index contributed by atoms with van der Waals surface area (Å²) >= 11 is 0. The van der Waals surface area contributed by atoms with Crippen molar-refractivity contribution in [2.24, 2.45) is 5.41 Å². The van der Waals surface area contributed by atoms with Crippen molar-refractivity contribution in [2.75, 3.05) is 20.7 Å². The lowest BCUT2D eigenvalue weighted by Crippen LogP contribution is -2.41. The molecule has 0 aromatic rings. The first-order valence-corrected chi connectivity index (χ1v) is 6.45. The highest BCUT2D eigenvalue weighted by atomic mass is 16.5. The molecule has 0 aromatic heterocycles. The van der Waals surface area contributed by atoms with Gasteiger partial charge in [0, 0.05) is 13.5 Å². The van der Waals surface area contributed by atoms with Gasteiger partial charge in [-0.15, -0.1) is 0 Å². The van der Waals surface area contributed by atoms with E-state index in [0.29, 0.717) is 12.8 Å². The number of carbonyl (C=O) groups is 3. The van der Waals surface area contributed by atoms with Crippen LogP contribution in [0, 0.1) is 5.41 Å². The molecule has 1 amide bonds. The fourth-order valence-corrected chi connectivity index (χ4v) is 2.47. The topological polar surface area (TPSA) is 83.9 Å². The van der Waals surface area contributed by atoms with Crippen LogP contribution in [0.5, 0.6) is 0 Å². The summed E-state index contributed by atoms with van der Waals surface area (Å²) in [5.74, 6) is -1.74. The zero-order valence-corrected chi connectivity index (χ0v) is 11.5. The number of hydrogen-bond acceptors (Lipinski definition) is 4. The second-order valence-corrected chi connectivity index (χ2v) is 5.15. The van der Waals surface area contributed by atoms with Crippen molar-refractivity contribution >= 4 is 17.8 Å². The number of methoxy groups -OCH3 is 1. The number of carboxylic acid groups (broad SMARTS) is 1. The second kappa shape index (κ2) is 6.54. The van der Waals surface area contributed by atoms with Crippen LogP contribution in [0.1, 0.15) is 38.5 Å². The molecule has 0 spiro atoms. The summed E-state index contributed by atoms with van der Waals surface area (Å²) in [6.07, 6.45) is 3.69. The minimum atomic E-state index is -0.959. The zero-order valence-electron chi connectivity index (χ0n) is 11.5. The van der Waals surface area contributed by atoms with Crippen LogP contribution in [0.25, 0.3) is 0 Å². The molecule has 1 N–H and O–H groups in total. The van der Waals surface area contributed by atoms with Crippen LogP contribution in [-0.2, 0) is 19.1 Å². The third-order valence-corrected chi connectivity index (χ3v) is 3.77. The van der Waals surface area contributed by atoms with Crippen molar-refractivity contribution in [3.05, 3.63) is 0 Å². The summed E-state index contributed by atoms with van der Waals surface area (Å²) in [5.41, 5.74) is -0.959. The van der Waals surface area contributed by atoms with Gasteiger partial charge in [0.25, 0.3) is 0 Å². The molecule has 1 fully saturated rings. The van der Waals surface area contributed by atoms with Crippen molar-refractivity contribution in [1.29, 1.82) is 0 Å². The number of rotatable bonds is 5. The maximum Gasteiger partial charge on any atom is 0.325 e. The van der Waals surface area contributed by atoms with E-state index in [1.165, 1.54) is 19.1 Å². The molecule has 0 radical (unpaired) electrons. The minimum absolute atomic E-state index is 0.0458. The molecule has 6 heteroatoms. The van der Waals surface area contributed by atoms with Gasteiger partial charge in [-0.1, -0.05) is 19.3 Å². The quantitative estimate of drug-likeness (QED) is 0.755. The Bertz CT molecular complexity index is 360. The van der Waals surface area contributed by atoms with E-state index in [1.807, 2.05) is 0 Å². The van der Waals surface area contributed by atoms with Crippen molar-refractivity contribution in [2.45, 2.75) is 38.5 Å². The maximum absolute atomic E-state index is 12.0. The van der Waals surface area contributed by atoms with E-state index in [9.17, 15) is 19.5 Å². The maximum atomic E-state index is 12.0. The first kappa shape index (κ1) is 15.5. The monoisotopic (exact) mass is 271 g/mol. The predicted molar refractivity (Wildman–Crippen MR) is 67.4 cm³/mol. The van der Waals surface area contributed by atoms with Crippen molar-refractivity contribution < 1.29 is 24.2 Å². The number of carbonyl (C=O) groups excluding carboxylic acids is 2. The van der Waals surface area contributed by atoms with Crippen LogP contribution in [0.15, 0.2) is 0 Å². The van der Waals surface area contributed by atoms with Gasteiger partial charge in [-0.3, -0.25) is 14.4 Å². The summed E-state index contributed by atoms with van der Waals surface area (Å²) in [5, 5.41) is 9.39. The van der Waals surface area contributed by atoms with E-state index in [4.69, 9.17) is 0 Å². The summed E-state index contributed by atoms with van der Waals surface area (Å²) in [7, 11) is 2.73. The van der Waals surface area contributed by atoms with Crippen molar-refractivity contribution in [1.82, 2.24) is 4.90 Å². The lowest BCUT2D eigenvalue weighted by atomic mass is 9.71. The van der Waals surface area contributed by atoms with Gasteiger partial charge >= 0.3 is 11.9 Å². The smallest absolute Gasteiger partial charge is 0.325 e. The summed E-state index contributed by atoms with van der Waals surface area (Å²) in [4.78, 5) is 35.8. The Morgan fingerprint density at radius 2 is 1.79 bits per heavy atom. The van der Waals surface area contributed by atoms with Crippen LogP contribution in [0.3, 0.4) is 0 Å². The summed E-state index contributed by atoms with van der Waals surface area (Å²) in [6.45, 7) is -0.148. The Balaban J connectivity index is 2.66. The molecule has 0 bridgehead atoms. The average Bonchev–Trinajstić information content (AvgIpc) is 2.39. The molecule has 6 nitrogen and oxygen atoms in total. The number of ether oxygens (including phenoxy) is 1. The highest BCUT2D eigenvalue weighted by Gasteiger charge is 2.42. The SMILES string of the molecule is COC(=O)CN(C)C(=O)CC1(C(=O)O)CCCCC1. The fourth-order valence-electron chi connectivity index (χ4n) is 2.47. The van der Waals surface area contributed by atoms with Crippen molar-refractivity contribution in [3.63, 3.8) is 0 Å². The van der Waals surface area contributed by atoms with Gasteiger partial charge < -0.3 is 14.7 Å². The number of esters is 1. The third kappa shape index (κ3) is 3.94. The number of hydrogen-bond donors (Lipinski definition) is 1. The van der Waals surface area contributed by atoms with Crippen LogP contribution in [-0.4, -0.2) is 48.6 Å². The first-order chi connectivity index (χ1) is 8.91. The average molecular weight is 271 g/mol. The normalized spacial score (nSPS) is 17.6. The van der Waals surface area contributed by atoms with Gasteiger partial charge in [-0.2, -0.15) is 0 Å². The second-order valence-electron chi connectivity index (χ2n) is 5.15. The lowest BCUT2D eigenvalue weighted by Gasteiger charge is -2.33. The van der Waals surface area contributed by atoms with Gasteiger partial charge in [0.1, 0.15) is 6.54 Å². The zero-order chi connectivity index (χ0) is 14.5. The standard InChI is InChI=1S/C13H21NO5/c1-14(9-11(16)19-2)10(15)8-13(12(17)18)6-4-3-5-7-13/h3-9H2,1-2H3,(H,17,18). The van der Waals surface area contributed by atoms with E-state index in [1.54, 1.807) is 0 Å². The van der Waals surface area contributed by atoms with Crippen LogP contribution in [0.4, 0.5) is 0 Å². The molecule has 0 saturated heterocycles. The van der Waals surface area contributed by atoms with Gasteiger partial charge in [0.05, 0.1) is 12.5 Å². The fraction of sp³-hybridized carbons (Fsp3) is 0.769. The molecule has 19 heavy (non-hydrogen) atoms. The number of nitrogens with zero attached hydrogens (tertiary/aromatic N) is 1. The molecule has 0 atom stereocenters. The van der Waals surface area contributed by atoms with Crippen LogP contribution >= 0.6 is 0 Å². The molecule has 0 aromatic carbocycles. The molecule has 0 heterocycles. The minimum Gasteiger partial charge on any atom is -0.481 e. The van der Waals surface area contributed by atoms with Gasteiger partial charge in [-0.25, -0.2) is 0 Å². The molecule has 1 rings (SSSR count). The number of amides is 1. The molecule has 1 saturated carbocycles. The van der Waals surface area contributed by atoms with Gasteiger partial charge in [0.15, 0.2) is 0 Å². The molecule has 108 valence electrons. The molecular weight excluding hydrogens is 250 g/mol. The Hall–Kier alpha value is -1.59. The lowest BCUT2D eigenvalue weighted by molar-refractivity contribution is -0.156. The third-order valence-electron chi connectivity index (χ3n) is 3.77. The Kier molecular flexibility index (Phi) is 5.32. The van der Waals surface area contributed by atoms with E-state index in [-0.39, 0.29) is 18.9 Å². The van der Waals surface area contributed by atoms with Crippen LogP contribution < -0.4 is 0 Å². The molecule has 0 aliphatic heterocycles. The van der Waals surface area contributed by atoms with E-state index < -0.39 is 17.4 Å². The predicted octanol–water partition coefficient (Wildman–Crippen LogP) is 1.04. The van der Waals surface area contributed by atoms with E-state index >= 15 is 0 Å². The van der Waals surface area contributed by atoms with Crippen LogP contribution in [0.2, 0.25) is 0 Å².